The SMILES string of the molecule is CCCCC=[C-]C(C)CC.[Cu+2].[S-]c1ccccc1. The van der Waals surface area contributed by atoms with Crippen LogP contribution >= 0.6 is 0 Å². The molecule has 0 aliphatic heterocycles. The van der Waals surface area contributed by atoms with Gasteiger partial charge in [-0.3, -0.25) is 6.08 Å². The summed E-state index contributed by atoms with van der Waals surface area (Å²) >= 11 is 4.81. The fraction of sp³-hybridized carbons (Fsp3) is 0.500. The molecule has 0 aliphatic rings. The van der Waals surface area contributed by atoms with E-state index >= 15 is 0 Å². The summed E-state index contributed by atoms with van der Waals surface area (Å²) in [6, 6.07) is 9.62. The van der Waals surface area contributed by atoms with Crippen LogP contribution in [-0.2, 0) is 29.7 Å². The summed E-state index contributed by atoms with van der Waals surface area (Å²) in [7, 11) is 0. The average molecular weight is 312 g/mol. The summed E-state index contributed by atoms with van der Waals surface area (Å²) in [6.07, 6.45) is 10.6. The third-order valence-electron chi connectivity index (χ3n) is 2.46. The maximum atomic E-state index is 4.81. The van der Waals surface area contributed by atoms with Crippen molar-refractivity contribution < 1.29 is 17.1 Å². The van der Waals surface area contributed by atoms with Crippen molar-refractivity contribution in [3.8, 4) is 0 Å². The first kappa shape index (κ1) is 20.0. The molecule has 0 aliphatic carbocycles. The van der Waals surface area contributed by atoms with Crippen LogP contribution in [0, 0.1) is 12.0 Å². The molecule has 0 N–H and O–H groups in total. The summed E-state index contributed by atoms with van der Waals surface area (Å²) in [5.74, 6) is 0.650. The molecule has 0 fully saturated rings. The van der Waals surface area contributed by atoms with Gasteiger partial charge in [0.05, 0.1) is 0 Å². The van der Waals surface area contributed by atoms with Crippen molar-refractivity contribution in [2.75, 3.05) is 0 Å². The van der Waals surface area contributed by atoms with E-state index in [4.69, 9.17) is 12.6 Å². The molecule has 0 bridgehead atoms. The zero-order valence-electron chi connectivity index (χ0n) is 11.6. The van der Waals surface area contributed by atoms with Crippen molar-refractivity contribution >= 4 is 12.6 Å². The molecule has 1 radical (unpaired) electrons. The first-order chi connectivity index (χ1) is 8.20. The van der Waals surface area contributed by atoms with E-state index in [1.165, 1.54) is 25.7 Å². The Morgan fingerprint density at radius 1 is 1.22 bits per heavy atom. The van der Waals surface area contributed by atoms with Gasteiger partial charge in [0.1, 0.15) is 0 Å². The van der Waals surface area contributed by atoms with E-state index in [1.807, 2.05) is 30.3 Å². The van der Waals surface area contributed by atoms with Crippen molar-refractivity contribution in [3.05, 3.63) is 42.5 Å². The largest absolute Gasteiger partial charge is 2.00 e. The number of allylic oxidation sites excluding steroid dienone is 2. The molecule has 18 heavy (non-hydrogen) atoms. The van der Waals surface area contributed by atoms with E-state index in [0.717, 1.165) is 4.90 Å². The second kappa shape index (κ2) is 14.8. The number of benzene rings is 1. The minimum atomic E-state index is 0. The molecule has 0 amide bonds. The quantitative estimate of drug-likeness (QED) is 0.313. The Hall–Kier alpha value is -0.301. The van der Waals surface area contributed by atoms with Crippen molar-refractivity contribution in [1.29, 1.82) is 0 Å². The molecule has 1 atom stereocenters. The molecule has 1 rings (SSSR count). The second-order valence-corrected chi connectivity index (χ2v) is 4.61. The van der Waals surface area contributed by atoms with Gasteiger partial charge in [0, 0.05) is 0 Å². The molecule has 2 heteroatoms. The predicted octanol–water partition coefficient (Wildman–Crippen LogP) is 5.17. The van der Waals surface area contributed by atoms with Gasteiger partial charge < -0.3 is 18.7 Å². The van der Waals surface area contributed by atoms with Crippen molar-refractivity contribution in [2.45, 2.75) is 51.3 Å². The van der Waals surface area contributed by atoms with Crippen LogP contribution in [0.4, 0.5) is 0 Å². The Labute approximate surface area is 129 Å². The zero-order chi connectivity index (χ0) is 12.9. The van der Waals surface area contributed by atoms with Gasteiger partial charge in [0.15, 0.2) is 0 Å². The monoisotopic (exact) mass is 311 g/mol. The van der Waals surface area contributed by atoms with Crippen molar-refractivity contribution in [1.82, 2.24) is 0 Å². The van der Waals surface area contributed by atoms with E-state index in [9.17, 15) is 0 Å². The van der Waals surface area contributed by atoms with Gasteiger partial charge in [-0.2, -0.15) is 10.8 Å². The minimum absolute atomic E-state index is 0. The molecular weight excluding hydrogens is 288 g/mol. The van der Waals surface area contributed by atoms with E-state index in [2.05, 4.69) is 32.9 Å². The Morgan fingerprint density at radius 2 is 1.83 bits per heavy atom. The van der Waals surface area contributed by atoms with Gasteiger partial charge in [-0.15, -0.1) is 0 Å². The van der Waals surface area contributed by atoms with Crippen LogP contribution < -0.4 is 0 Å². The molecule has 0 saturated carbocycles. The van der Waals surface area contributed by atoms with E-state index < -0.39 is 0 Å². The normalized spacial score (nSPS) is 11.3. The topological polar surface area (TPSA) is 0 Å². The minimum Gasteiger partial charge on any atom is -0.780 e. The molecule has 0 spiro atoms. The molecule has 1 aromatic rings. The number of hydrogen-bond donors (Lipinski definition) is 0. The van der Waals surface area contributed by atoms with Crippen molar-refractivity contribution in [3.63, 3.8) is 0 Å². The molecule has 0 nitrogen and oxygen atoms in total. The van der Waals surface area contributed by atoms with Gasteiger partial charge in [-0.05, 0) is 0 Å². The molecule has 1 unspecified atom stereocenters. The molecule has 0 saturated heterocycles. The van der Waals surface area contributed by atoms with Gasteiger partial charge in [0.25, 0.3) is 0 Å². The fourth-order valence-electron chi connectivity index (χ4n) is 1.13. The number of hydrogen-bond acceptors (Lipinski definition) is 1. The Kier molecular flexibility index (Phi) is 16.4. The number of unbranched alkanes of at least 4 members (excludes halogenated alkanes) is 2. The van der Waals surface area contributed by atoms with Crippen molar-refractivity contribution in [2.24, 2.45) is 5.92 Å². The Morgan fingerprint density at radius 3 is 2.22 bits per heavy atom. The molecule has 0 heterocycles. The maximum absolute atomic E-state index is 4.81. The van der Waals surface area contributed by atoms with E-state index in [-0.39, 0.29) is 17.1 Å². The van der Waals surface area contributed by atoms with Gasteiger partial charge >= 0.3 is 17.1 Å². The number of rotatable bonds is 5. The van der Waals surface area contributed by atoms with Crippen LogP contribution in [0.5, 0.6) is 0 Å². The summed E-state index contributed by atoms with van der Waals surface area (Å²) in [6.45, 7) is 6.63. The molecule has 0 aromatic heterocycles. The first-order valence-electron chi connectivity index (χ1n) is 6.50. The van der Waals surface area contributed by atoms with Crippen LogP contribution in [0.2, 0.25) is 0 Å². The van der Waals surface area contributed by atoms with Crippen LogP contribution in [0.15, 0.2) is 41.3 Å². The van der Waals surface area contributed by atoms with E-state index in [0.29, 0.717) is 5.92 Å². The fourth-order valence-corrected chi connectivity index (χ4v) is 1.29. The first-order valence-corrected chi connectivity index (χ1v) is 6.91. The zero-order valence-corrected chi connectivity index (χ0v) is 13.3. The molecule has 1 aromatic carbocycles. The van der Waals surface area contributed by atoms with Gasteiger partial charge in [-0.25, -0.2) is 0 Å². The molecule has 105 valence electrons. The average Bonchev–Trinajstić information content (AvgIpc) is 2.36. The maximum Gasteiger partial charge on any atom is 2.00 e. The van der Waals surface area contributed by atoms with Crippen LogP contribution in [-0.4, -0.2) is 0 Å². The summed E-state index contributed by atoms with van der Waals surface area (Å²) < 4.78 is 0. The van der Waals surface area contributed by atoms with Crippen LogP contribution in [0.3, 0.4) is 0 Å². The summed E-state index contributed by atoms with van der Waals surface area (Å²) in [5, 5.41) is 0. The van der Waals surface area contributed by atoms with E-state index in [1.54, 1.807) is 0 Å². The second-order valence-electron chi connectivity index (χ2n) is 4.14. The van der Waals surface area contributed by atoms with Crippen LogP contribution in [0.1, 0.15) is 46.5 Å². The Bertz CT molecular complexity index is 282. The smallest absolute Gasteiger partial charge is 0.780 e. The third kappa shape index (κ3) is 13.8. The molecular formula is C16H24CuS. The summed E-state index contributed by atoms with van der Waals surface area (Å²) in [5.41, 5.74) is 0. The Balaban J connectivity index is 0. The predicted molar refractivity (Wildman–Crippen MR) is 78.9 cm³/mol. The standard InChI is InChI=1S/C10H19.C6H6S.Cu/c1-4-6-7-8-9-10(3)5-2;7-6-4-2-1-3-5-6;/h8,10H,4-7H2,1-3H3;1-5,7H;/q-1;;+2/p-1. The third-order valence-corrected chi connectivity index (χ3v) is 2.73. The van der Waals surface area contributed by atoms with Gasteiger partial charge in [0.2, 0.25) is 0 Å². The van der Waals surface area contributed by atoms with Gasteiger partial charge in [-0.1, -0.05) is 76.8 Å². The van der Waals surface area contributed by atoms with Crippen LogP contribution in [0.25, 0.3) is 0 Å². The summed E-state index contributed by atoms with van der Waals surface area (Å²) in [4.78, 5) is 0.905.